The number of amides is 2. The zero-order chi connectivity index (χ0) is 18.4. The minimum atomic E-state index is -0.506. The summed E-state index contributed by atoms with van der Waals surface area (Å²) in [4.78, 5) is 25.7. The van der Waals surface area contributed by atoms with Gasteiger partial charge >= 0.3 is 6.09 Å². The van der Waals surface area contributed by atoms with Gasteiger partial charge in [-0.1, -0.05) is 23.8 Å². The molecule has 0 bridgehead atoms. The molecule has 0 saturated carbocycles. The summed E-state index contributed by atoms with van der Waals surface area (Å²) in [5, 5.41) is 2.60. The van der Waals surface area contributed by atoms with Crippen molar-refractivity contribution >= 4 is 17.7 Å². The molecule has 0 radical (unpaired) electrons. The van der Waals surface area contributed by atoms with Gasteiger partial charge in [0.25, 0.3) is 5.91 Å². The Kier molecular flexibility index (Phi) is 6.17. The van der Waals surface area contributed by atoms with Crippen molar-refractivity contribution in [3.63, 3.8) is 0 Å². The SMILES string of the molecule is CCOC(=O)Nc1ccc(C(=O)N(C)Cc2ccc(C)cc2C)cc1. The van der Waals surface area contributed by atoms with Crippen LogP contribution >= 0.6 is 0 Å². The first-order valence-electron chi connectivity index (χ1n) is 8.26. The predicted octanol–water partition coefficient (Wildman–Crippen LogP) is 4.14. The second kappa shape index (κ2) is 8.33. The van der Waals surface area contributed by atoms with Gasteiger partial charge < -0.3 is 9.64 Å². The van der Waals surface area contributed by atoms with Gasteiger partial charge in [0.2, 0.25) is 0 Å². The maximum Gasteiger partial charge on any atom is 0.411 e. The van der Waals surface area contributed by atoms with Crippen LogP contribution < -0.4 is 5.32 Å². The van der Waals surface area contributed by atoms with Crippen molar-refractivity contribution in [3.8, 4) is 0 Å². The lowest BCUT2D eigenvalue weighted by Gasteiger charge is -2.19. The molecule has 0 fully saturated rings. The molecule has 0 unspecified atom stereocenters. The monoisotopic (exact) mass is 340 g/mol. The van der Waals surface area contributed by atoms with Crippen LogP contribution in [0.2, 0.25) is 0 Å². The van der Waals surface area contributed by atoms with E-state index in [-0.39, 0.29) is 5.91 Å². The first-order chi connectivity index (χ1) is 11.9. The molecule has 0 aromatic heterocycles. The molecule has 0 spiro atoms. The molecule has 25 heavy (non-hydrogen) atoms. The van der Waals surface area contributed by atoms with Crippen LogP contribution in [-0.4, -0.2) is 30.6 Å². The number of benzene rings is 2. The zero-order valence-electron chi connectivity index (χ0n) is 15.1. The minimum absolute atomic E-state index is 0.0670. The average Bonchev–Trinajstić information content (AvgIpc) is 2.57. The highest BCUT2D eigenvalue weighted by Gasteiger charge is 2.13. The molecular formula is C20H24N2O3. The largest absolute Gasteiger partial charge is 0.450 e. The van der Waals surface area contributed by atoms with Gasteiger partial charge in [-0.2, -0.15) is 0 Å². The van der Waals surface area contributed by atoms with Gasteiger partial charge in [0.15, 0.2) is 0 Å². The maximum atomic E-state index is 12.6. The molecule has 0 aliphatic carbocycles. The number of carbonyl (C=O) groups excluding carboxylic acids is 2. The fourth-order valence-electron chi connectivity index (χ4n) is 2.55. The summed E-state index contributed by atoms with van der Waals surface area (Å²) in [7, 11) is 1.78. The van der Waals surface area contributed by atoms with Crippen LogP contribution in [0.1, 0.15) is 34.0 Å². The number of rotatable bonds is 5. The molecular weight excluding hydrogens is 316 g/mol. The minimum Gasteiger partial charge on any atom is -0.450 e. The Morgan fingerprint density at radius 3 is 2.36 bits per heavy atom. The van der Waals surface area contributed by atoms with Gasteiger partial charge in [-0.25, -0.2) is 4.79 Å². The zero-order valence-corrected chi connectivity index (χ0v) is 15.1. The van der Waals surface area contributed by atoms with Crippen molar-refractivity contribution in [2.24, 2.45) is 0 Å². The highest BCUT2D eigenvalue weighted by Crippen LogP contribution is 2.16. The van der Waals surface area contributed by atoms with Crippen LogP contribution in [-0.2, 0) is 11.3 Å². The van der Waals surface area contributed by atoms with Crippen LogP contribution in [0.4, 0.5) is 10.5 Å². The average molecular weight is 340 g/mol. The molecule has 2 amide bonds. The Labute approximate surface area is 148 Å². The molecule has 132 valence electrons. The third-order valence-electron chi connectivity index (χ3n) is 3.91. The molecule has 2 aromatic carbocycles. The fourth-order valence-corrected chi connectivity index (χ4v) is 2.55. The van der Waals surface area contributed by atoms with Gasteiger partial charge in [0, 0.05) is 24.8 Å². The Hall–Kier alpha value is -2.82. The maximum absolute atomic E-state index is 12.6. The second-order valence-corrected chi connectivity index (χ2v) is 6.01. The molecule has 0 atom stereocenters. The molecule has 0 aliphatic rings. The van der Waals surface area contributed by atoms with E-state index in [0.717, 1.165) is 5.56 Å². The van der Waals surface area contributed by atoms with Crippen LogP contribution in [0.3, 0.4) is 0 Å². The number of carbonyl (C=O) groups is 2. The van der Waals surface area contributed by atoms with Crippen molar-refractivity contribution < 1.29 is 14.3 Å². The van der Waals surface area contributed by atoms with Crippen molar-refractivity contribution in [2.75, 3.05) is 19.0 Å². The normalized spacial score (nSPS) is 10.2. The third kappa shape index (κ3) is 5.08. The predicted molar refractivity (Wildman–Crippen MR) is 98.8 cm³/mol. The molecule has 0 saturated heterocycles. The molecule has 5 nitrogen and oxygen atoms in total. The van der Waals surface area contributed by atoms with Crippen molar-refractivity contribution in [3.05, 3.63) is 64.7 Å². The summed E-state index contributed by atoms with van der Waals surface area (Å²) >= 11 is 0. The van der Waals surface area contributed by atoms with Crippen LogP contribution in [0.15, 0.2) is 42.5 Å². The first kappa shape index (κ1) is 18.5. The third-order valence-corrected chi connectivity index (χ3v) is 3.91. The first-order valence-corrected chi connectivity index (χ1v) is 8.26. The number of nitrogens with zero attached hydrogens (tertiary/aromatic N) is 1. The fraction of sp³-hybridized carbons (Fsp3) is 0.300. The lowest BCUT2D eigenvalue weighted by molar-refractivity contribution is 0.0785. The van der Waals surface area contributed by atoms with Gasteiger partial charge in [0.05, 0.1) is 6.61 Å². The number of hydrogen-bond acceptors (Lipinski definition) is 3. The van der Waals surface area contributed by atoms with Gasteiger partial charge in [-0.3, -0.25) is 10.1 Å². The summed E-state index contributed by atoms with van der Waals surface area (Å²) in [5.74, 6) is -0.0670. The topological polar surface area (TPSA) is 58.6 Å². The number of ether oxygens (including phenoxy) is 1. The molecule has 2 aromatic rings. The van der Waals surface area contributed by atoms with Gasteiger partial charge in [0.1, 0.15) is 0 Å². The van der Waals surface area contributed by atoms with E-state index < -0.39 is 6.09 Å². The Morgan fingerprint density at radius 1 is 1.08 bits per heavy atom. The number of hydrogen-bond donors (Lipinski definition) is 1. The van der Waals surface area contributed by atoms with E-state index in [0.29, 0.717) is 24.4 Å². The number of anilines is 1. The van der Waals surface area contributed by atoms with E-state index in [1.54, 1.807) is 43.1 Å². The highest BCUT2D eigenvalue weighted by molar-refractivity contribution is 5.95. The molecule has 2 rings (SSSR count). The summed E-state index contributed by atoms with van der Waals surface area (Å²) in [6, 6.07) is 13.0. The van der Waals surface area contributed by atoms with E-state index in [9.17, 15) is 9.59 Å². The van der Waals surface area contributed by atoms with Crippen LogP contribution in [0.25, 0.3) is 0 Å². The Balaban J connectivity index is 2.02. The molecule has 1 N–H and O–H groups in total. The standard InChI is InChI=1S/C20H24N2O3/c1-5-25-20(24)21-18-10-8-16(9-11-18)19(23)22(4)13-17-7-6-14(2)12-15(17)3/h6-12H,5,13H2,1-4H3,(H,21,24). The van der Waals surface area contributed by atoms with Crippen LogP contribution in [0.5, 0.6) is 0 Å². The summed E-state index contributed by atoms with van der Waals surface area (Å²) in [6.45, 7) is 6.71. The summed E-state index contributed by atoms with van der Waals surface area (Å²) in [6.07, 6.45) is -0.506. The number of nitrogens with one attached hydrogen (secondary N) is 1. The highest BCUT2D eigenvalue weighted by atomic mass is 16.5. The van der Waals surface area contributed by atoms with Crippen molar-refractivity contribution in [1.82, 2.24) is 4.90 Å². The summed E-state index contributed by atoms with van der Waals surface area (Å²) in [5.41, 5.74) is 4.67. The van der Waals surface area contributed by atoms with Gasteiger partial charge in [-0.05, 0) is 56.2 Å². The van der Waals surface area contributed by atoms with E-state index in [4.69, 9.17) is 4.74 Å². The smallest absolute Gasteiger partial charge is 0.411 e. The molecule has 0 heterocycles. The quantitative estimate of drug-likeness (QED) is 0.890. The second-order valence-electron chi connectivity index (χ2n) is 6.01. The van der Waals surface area contributed by atoms with E-state index >= 15 is 0 Å². The molecule has 0 aliphatic heterocycles. The van der Waals surface area contributed by atoms with Crippen LogP contribution in [0, 0.1) is 13.8 Å². The van der Waals surface area contributed by atoms with Gasteiger partial charge in [-0.15, -0.1) is 0 Å². The van der Waals surface area contributed by atoms with Crippen molar-refractivity contribution in [2.45, 2.75) is 27.3 Å². The Morgan fingerprint density at radius 2 is 1.76 bits per heavy atom. The lowest BCUT2D eigenvalue weighted by atomic mass is 10.1. The molecule has 5 heteroatoms. The van der Waals surface area contributed by atoms with E-state index in [2.05, 4.69) is 37.4 Å². The van der Waals surface area contributed by atoms with Crippen molar-refractivity contribution in [1.29, 1.82) is 0 Å². The van der Waals surface area contributed by atoms with E-state index in [1.165, 1.54) is 11.1 Å². The lowest BCUT2D eigenvalue weighted by Crippen LogP contribution is -2.26. The Bertz CT molecular complexity index is 754. The number of aryl methyl sites for hydroxylation is 2. The van der Waals surface area contributed by atoms with E-state index in [1.807, 2.05) is 0 Å². The summed E-state index contributed by atoms with van der Waals surface area (Å²) < 4.78 is 4.82.